The molecule has 0 amide bonds. The van der Waals surface area contributed by atoms with E-state index in [0.717, 1.165) is 22.7 Å². The molecule has 2 aliphatic carbocycles. The van der Waals surface area contributed by atoms with Crippen LogP contribution in [0.1, 0.15) is 38.2 Å². The van der Waals surface area contributed by atoms with E-state index >= 15 is 0 Å². The highest BCUT2D eigenvalue weighted by molar-refractivity contribution is 9.10. The van der Waals surface area contributed by atoms with E-state index in [-0.39, 0.29) is 11.5 Å². The molecule has 2 fully saturated rings. The van der Waals surface area contributed by atoms with Crippen LogP contribution in [0.15, 0.2) is 22.7 Å². The van der Waals surface area contributed by atoms with Crippen LogP contribution < -0.4 is 10.5 Å². The second-order valence-electron chi connectivity index (χ2n) is 5.84. The Balaban J connectivity index is 1.87. The molecule has 0 aliphatic heterocycles. The van der Waals surface area contributed by atoms with Gasteiger partial charge in [0, 0.05) is 21.5 Å². The van der Waals surface area contributed by atoms with Crippen LogP contribution in [0.25, 0.3) is 0 Å². The van der Waals surface area contributed by atoms with Gasteiger partial charge in [-0.2, -0.15) is 0 Å². The summed E-state index contributed by atoms with van der Waals surface area (Å²) in [6, 6.07) is 6.53. The van der Waals surface area contributed by atoms with Crippen molar-refractivity contribution in [2.45, 2.75) is 44.1 Å². The molecule has 0 bridgehead atoms. The second kappa shape index (κ2) is 4.53. The molecule has 1 aromatic carbocycles. The fourth-order valence-corrected chi connectivity index (χ4v) is 2.98. The molecule has 98 valence electrons. The maximum atomic E-state index is 6.18. The van der Waals surface area contributed by atoms with Crippen molar-refractivity contribution in [2.24, 2.45) is 11.7 Å². The van der Waals surface area contributed by atoms with Gasteiger partial charge in [-0.05, 0) is 56.7 Å². The summed E-state index contributed by atoms with van der Waals surface area (Å²) in [6.07, 6.45) is 5.01. The number of ether oxygens (including phenoxy) is 1. The third-order valence-corrected chi connectivity index (χ3v) is 4.80. The maximum absolute atomic E-state index is 6.18. The summed E-state index contributed by atoms with van der Waals surface area (Å²) in [5, 5.41) is 0. The first-order chi connectivity index (χ1) is 8.62. The van der Waals surface area contributed by atoms with E-state index in [1.54, 1.807) is 0 Å². The number of nitrogens with two attached hydrogens (primary N) is 1. The highest BCUT2D eigenvalue weighted by Gasteiger charge is 2.49. The molecule has 2 N–H and O–H groups in total. The number of rotatable bonds is 5. The first-order valence-corrected chi connectivity index (χ1v) is 7.59. The van der Waals surface area contributed by atoms with Crippen LogP contribution in [-0.2, 0) is 5.41 Å². The summed E-state index contributed by atoms with van der Waals surface area (Å²) in [5.41, 5.74) is 7.64. The van der Waals surface area contributed by atoms with E-state index in [9.17, 15) is 0 Å². The molecule has 0 spiro atoms. The third kappa shape index (κ3) is 2.30. The summed E-state index contributed by atoms with van der Waals surface area (Å²) in [4.78, 5) is 0. The van der Waals surface area contributed by atoms with Crippen LogP contribution in [-0.4, -0.2) is 12.6 Å². The molecular formula is C15H20BrNO. The zero-order chi connectivity index (χ0) is 12.8. The van der Waals surface area contributed by atoms with Crippen LogP contribution in [0.2, 0.25) is 0 Å². The second-order valence-corrected chi connectivity index (χ2v) is 6.76. The molecule has 2 nitrogen and oxygen atoms in total. The summed E-state index contributed by atoms with van der Waals surface area (Å²) in [6.45, 7) is 2.97. The van der Waals surface area contributed by atoms with Crippen molar-refractivity contribution in [3.8, 4) is 5.75 Å². The normalized spacial score (nSPS) is 22.6. The van der Waals surface area contributed by atoms with Crippen LogP contribution in [0.4, 0.5) is 0 Å². The first-order valence-electron chi connectivity index (χ1n) is 6.80. The minimum absolute atomic E-state index is 0.155. The number of hydrogen-bond donors (Lipinski definition) is 1. The van der Waals surface area contributed by atoms with E-state index < -0.39 is 0 Å². The van der Waals surface area contributed by atoms with Gasteiger partial charge in [0.15, 0.2) is 0 Å². The van der Waals surface area contributed by atoms with Gasteiger partial charge >= 0.3 is 0 Å². The third-order valence-electron chi connectivity index (χ3n) is 4.31. The summed E-state index contributed by atoms with van der Waals surface area (Å²) < 4.78 is 7.13. The van der Waals surface area contributed by atoms with Crippen molar-refractivity contribution < 1.29 is 4.74 Å². The molecule has 18 heavy (non-hydrogen) atoms. The van der Waals surface area contributed by atoms with Crippen molar-refractivity contribution in [2.75, 3.05) is 6.61 Å². The van der Waals surface area contributed by atoms with Gasteiger partial charge in [-0.15, -0.1) is 0 Å². The summed E-state index contributed by atoms with van der Waals surface area (Å²) in [5.74, 6) is 1.83. The largest absolute Gasteiger partial charge is 0.493 e. The van der Waals surface area contributed by atoms with Crippen molar-refractivity contribution in [3.63, 3.8) is 0 Å². The van der Waals surface area contributed by atoms with Gasteiger partial charge in [0.05, 0.1) is 6.61 Å². The van der Waals surface area contributed by atoms with Gasteiger partial charge in [-0.1, -0.05) is 15.9 Å². The fraction of sp³-hybridized carbons (Fsp3) is 0.600. The topological polar surface area (TPSA) is 35.2 Å². The minimum Gasteiger partial charge on any atom is -0.493 e. The van der Waals surface area contributed by atoms with Gasteiger partial charge in [-0.3, -0.25) is 0 Å². The van der Waals surface area contributed by atoms with Crippen molar-refractivity contribution in [1.29, 1.82) is 0 Å². The Hall–Kier alpha value is -0.540. The van der Waals surface area contributed by atoms with Crippen molar-refractivity contribution in [3.05, 3.63) is 28.2 Å². The molecule has 2 aliphatic rings. The monoisotopic (exact) mass is 309 g/mol. The quantitative estimate of drug-likeness (QED) is 0.901. The Bertz CT molecular complexity index is 450. The molecule has 0 radical (unpaired) electrons. The van der Waals surface area contributed by atoms with Gasteiger partial charge in [0.2, 0.25) is 0 Å². The molecule has 0 saturated heterocycles. The highest BCUT2D eigenvalue weighted by Crippen LogP contribution is 2.53. The molecular weight excluding hydrogens is 290 g/mol. The maximum Gasteiger partial charge on any atom is 0.123 e. The van der Waals surface area contributed by atoms with Gasteiger partial charge in [0.25, 0.3) is 0 Å². The Kier molecular flexibility index (Phi) is 3.15. The Morgan fingerprint density at radius 1 is 1.44 bits per heavy atom. The van der Waals surface area contributed by atoms with Crippen LogP contribution in [0.3, 0.4) is 0 Å². The molecule has 1 aromatic rings. The SMILES string of the molecule is CC(N)C1(c2cc(Br)ccc2OCC2CC2)CC1. The predicted molar refractivity (Wildman–Crippen MR) is 76.9 cm³/mol. The molecule has 3 rings (SSSR count). The zero-order valence-electron chi connectivity index (χ0n) is 10.8. The lowest BCUT2D eigenvalue weighted by molar-refractivity contribution is 0.292. The van der Waals surface area contributed by atoms with Crippen LogP contribution in [0.5, 0.6) is 5.75 Å². The molecule has 0 heterocycles. The number of hydrogen-bond acceptors (Lipinski definition) is 2. The van der Waals surface area contributed by atoms with E-state index in [4.69, 9.17) is 10.5 Å². The van der Waals surface area contributed by atoms with E-state index in [1.807, 2.05) is 0 Å². The molecule has 1 unspecified atom stereocenters. The van der Waals surface area contributed by atoms with Crippen LogP contribution >= 0.6 is 15.9 Å². The average molecular weight is 310 g/mol. The van der Waals surface area contributed by atoms with Crippen LogP contribution in [0, 0.1) is 5.92 Å². The summed E-state index contributed by atoms with van der Waals surface area (Å²) >= 11 is 3.56. The van der Waals surface area contributed by atoms with E-state index in [0.29, 0.717) is 0 Å². The lowest BCUT2D eigenvalue weighted by atomic mass is 9.89. The highest BCUT2D eigenvalue weighted by atomic mass is 79.9. The molecule has 0 aromatic heterocycles. The standard InChI is InChI=1S/C15H20BrNO/c1-10(17)15(6-7-15)13-8-12(16)4-5-14(13)18-9-11-2-3-11/h4-5,8,10-11H,2-3,6-7,9,17H2,1H3. The lowest BCUT2D eigenvalue weighted by Gasteiger charge is -2.23. The molecule has 2 saturated carbocycles. The van der Waals surface area contributed by atoms with E-state index in [2.05, 4.69) is 41.1 Å². The van der Waals surface area contributed by atoms with Gasteiger partial charge < -0.3 is 10.5 Å². The average Bonchev–Trinajstić information content (AvgIpc) is 3.21. The summed E-state index contributed by atoms with van der Waals surface area (Å²) in [7, 11) is 0. The van der Waals surface area contributed by atoms with E-state index in [1.165, 1.54) is 31.2 Å². The molecule has 1 atom stereocenters. The van der Waals surface area contributed by atoms with Crippen molar-refractivity contribution in [1.82, 2.24) is 0 Å². The van der Waals surface area contributed by atoms with Crippen molar-refractivity contribution >= 4 is 15.9 Å². The van der Waals surface area contributed by atoms with Gasteiger partial charge in [0.1, 0.15) is 5.75 Å². The fourth-order valence-electron chi connectivity index (χ4n) is 2.61. The Morgan fingerprint density at radius 3 is 2.72 bits per heavy atom. The molecule has 3 heteroatoms. The first kappa shape index (κ1) is 12.5. The number of halogens is 1. The Morgan fingerprint density at radius 2 is 2.17 bits per heavy atom. The lowest BCUT2D eigenvalue weighted by Crippen LogP contribution is -2.32. The minimum atomic E-state index is 0.155. The zero-order valence-corrected chi connectivity index (χ0v) is 12.4. The smallest absolute Gasteiger partial charge is 0.123 e. The number of benzene rings is 1. The van der Waals surface area contributed by atoms with Gasteiger partial charge in [-0.25, -0.2) is 0 Å². The Labute approximate surface area is 117 Å². The predicted octanol–water partition coefficient (Wildman–Crippen LogP) is 3.62.